The van der Waals surface area contributed by atoms with E-state index in [9.17, 15) is 18.0 Å². The summed E-state index contributed by atoms with van der Waals surface area (Å²) < 4.78 is 29.8. The number of sulfonamides is 1. The summed E-state index contributed by atoms with van der Waals surface area (Å²) in [7, 11) is -3.61. The molecule has 1 N–H and O–H groups in total. The summed E-state index contributed by atoms with van der Waals surface area (Å²) in [6.45, 7) is 3.50. The Bertz CT molecular complexity index is 460. The number of carboxylic acid groups (broad SMARTS) is 1. The molecule has 1 unspecified atom stereocenters. The Kier molecular flexibility index (Phi) is 4.92. The van der Waals surface area contributed by atoms with Gasteiger partial charge in [-0.1, -0.05) is 0 Å². The van der Waals surface area contributed by atoms with E-state index in [0.29, 0.717) is 0 Å². The van der Waals surface area contributed by atoms with Crippen molar-refractivity contribution in [2.24, 2.45) is 5.41 Å². The van der Waals surface area contributed by atoms with Crippen molar-refractivity contribution >= 4 is 22.0 Å². The Hall–Kier alpha value is -1.15. The molecule has 0 aromatic carbocycles. The highest BCUT2D eigenvalue weighted by Gasteiger charge is 2.44. The van der Waals surface area contributed by atoms with Gasteiger partial charge in [0.2, 0.25) is 10.0 Å². The SMILES string of the molecule is CCOC(=O)CCS(=O)(=O)N1CCC(C)(C(=O)O)C1. The van der Waals surface area contributed by atoms with Gasteiger partial charge in [0.25, 0.3) is 0 Å². The fourth-order valence-corrected chi connectivity index (χ4v) is 3.44. The average molecular weight is 293 g/mol. The number of ether oxygens (including phenoxy) is 1. The van der Waals surface area contributed by atoms with E-state index in [1.165, 1.54) is 6.92 Å². The Morgan fingerprint density at radius 3 is 2.53 bits per heavy atom. The molecule has 1 aliphatic heterocycles. The number of carbonyl (C=O) groups excluding carboxylic acids is 1. The van der Waals surface area contributed by atoms with Crippen LogP contribution in [0.2, 0.25) is 0 Å². The minimum Gasteiger partial charge on any atom is -0.481 e. The summed E-state index contributed by atoms with van der Waals surface area (Å²) in [5, 5.41) is 9.05. The molecule has 0 aliphatic carbocycles. The van der Waals surface area contributed by atoms with Gasteiger partial charge in [0, 0.05) is 13.1 Å². The maximum atomic E-state index is 12.0. The third-order valence-electron chi connectivity index (χ3n) is 3.22. The van der Waals surface area contributed by atoms with Crippen LogP contribution in [0, 0.1) is 5.41 Å². The van der Waals surface area contributed by atoms with Gasteiger partial charge in [0.15, 0.2) is 0 Å². The number of nitrogens with zero attached hydrogens (tertiary/aromatic N) is 1. The Balaban J connectivity index is 2.61. The second kappa shape index (κ2) is 5.87. The van der Waals surface area contributed by atoms with Crippen molar-refractivity contribution in [1.82, 2.24) is 4.31 Å². The van der Waals surface area contributed by atoms with Gasteiger partial charge in [-0.3, -0.25) is 9.59 Å². The van der Waals surface area contributed by atoms with Crippen LogP contribution in [0.25, 0.3) is 0 Å². The first-order valence-electron chi connectivity index (χ1n) is 6.08. The van der Waals surface area contributed by atoms with Crippen LogP contribution in [-0.2, 0) is 24.3 Å². The lowest BCUT2D eigenvalue weighted by Crippen LogP contribution is -2.36. The molecule has 1 fully saturated rings. The van der Waals surface area contributed by atoms with Gasteiger partial charge in [-0.25, -0.2) is 12.7 Å². The fraction of sp³-hybridized carbons (Fsp3) is 0.818. The molecule has 8 heteroatoms. The molecule has 110 valence electrons. The van der Waals surface area contributed by atoms with Crippen LogP contribution in [0.15, 0.2) is 0 Å². The lowest BCUT2D eigenvalue weighted by atomic mass is 9.90. The van der Waals surface area contributed by atoms with Gasteiger partial charge < -0.3 is 9.84 Å². The zero-order valence-electron chi connectivity index (χ0n) is 11.1. The smallest absolute Gasteiger partial charge is 0.310 e. The third kappa shape index (κ3) is 3.90. The van der Waals surface area contributed by atoms with Crippen LogP contribution in [0.3, 0.4) is 0 Å². The van der Waals surface area contributed by atoms with Crippen LogP contribution >= 0.6 is 0 Å². The molecule has 1 saturated heterocycles. The zero-order chi connectivity index (χ0) is 14.7. The minimum atomic E-state index is -3.61. The van der Waals surface area contributed by atoms with Crippen molar-refractivity contribution in [3.05, 3.63) is 0 Å². The predicted octanol–water partition coefficient (Wildman–Crippen LogP) is 0.0660. The van der Waals surface area contributed by atoms with E-state index < -0.39 is 27.4 Å². The van der Waals surface area contributed by atoms with Crippen molar-refractivity contribution in [3.63, 3.8) is 0 Å². The molecule has 1 rings (SSSR count). The van der Waals surface area contributed by atoms with E-state index in [-0.39, 0.29) is 38.3 Å². The second-order valence-electron chi connectivity index (χ2n) is 4.82. The summed E-state index contributed by atoms with van der Waals surface area (Å²) in [6.07, 6.45) is 0.0669. The summed E-state index contributed by atoms with van der Waals surface area (Å²) in [5.74, 6) is -1.91. The van der Waals surface area contributed by atoms with Gasteiger partial charge in [0.05, 0.1) is 24.2 Å². The first-order chi connectivity index (χ1) is 8.71. The second-order valence-corrected chi connectivity index (χ2v) is 6.91. The number of carboxylic acids is 1. The predicted molar refractivity (Wildman–Crippen MR) is 67.0 cm³/mol. The topological polar surface area (TPSA) is 101 Å². The average Bonchev–Trinajstić information content (AvgIpc) is 2.72. The molecule has 19 heavy (non-hydrogen) atoms. The number of aliphatic carboxylic acids is 1. The van der Waals surface area contributed by atoms with Gasteiger partial charge in [0.1, 0.15) is 0 Å². The lowest BCUT2D eigenvalue weighted by Gasteiger charge is -2.19. The van der Waals surface area contributed by atoms with Crippen molar-refractivity contribution < 1.29 is 27.9 Å². The number of hydrogen-bond acceptors (Lipinski definition) is 5. The summed E-state index contributed by atoms with van der Waals surface area (Å²) >= 11 is 0. The quantitative estimate of drug-likeness (QED) is 0.695. The maximum absolute atomic E-state index is 12.0. The van der Waals surface area contributed by atoms with E-state index in [4.69, 9.17) is 5.11 Å². The standard InChI is InChI=1S/C11H19NO6S/c1-3-18-9(13)4-7-19(16,17)12-6-5-11(2,8-12)10(14)15/h3-8H2,1-2H3,(H,14,15). The molecule has 0 radical (unpaired) electrons. The molecule has 7 nitrogen and oxygen atoms in total. The van der Waals surface area contributed by atoms with Crippen LogP contribution in [0.1, 0.15) is 26.7 Å². The van der Waals surface area contributed by atoms with Gasteiger partial charge in [-0.15, -0.1) is 0 Å². The normalized spacial score (nSPS) is 24.3. The molecule has 0 amide bonds. The van der Waals surface area contributed by atoms with Crippen molar-refractivity contribution in [2.45, 2.75) is 26.7 Å². The highest BCUT2D eigenvalue weighted by Crippen LogP contribution is 2.31. The number of carbonyl (C=O) groups is 2. The lowest BCUT2D eigenvalue weighted by molar-refractivity contribution is -0.147. The molecule has 0 bridgehead atoms. The van der Waals surface area contributed by atoms with Crippen molar-refractivity contribution in [3.8, 4) is 0 Å². The summed E-state index contributed by atoms with van der Waals surface area (Å²) in [6, 6.07) is 0. The molecule has 0 aromatic rings. The molecule has 1 heterocycles. The highest BCUT2D eigenvalue weighted by atomic mass is 32.2. The Labute approximate surface area is 112 Å². The number of rotatable bonds is 6. The van der Waals surface area contributed by atoms with Gasteiger partial charge >= 0.3 is 11.9 Å². The van der Waals surface area contributed by atoms with Crippen LogP contribution in [0.4, 0.5) is 0 Å². The van der Waals surface area contributed by atoms with Crippen molar-refractivity contribution in [2.75, 3.05) is 25.4 Å². The summed E-state index contributed by atoms with van der Waals surface area (Å²) in [4.78, 5) is 22.2. The summed E-state index contributed by atoms with van der Waals surface area (Å²) in [5.41, 5.74) is -1.04. The molecular weight excluding hydrogens is 274 g/mol. The van der Waals surface area contributed by atoms with E-state index in [2.05, 4.69) is 4.74 Å². The van der Waals surface area contributed by atoms with Gasteiger partial charge in [-0.2, -0.15) is 0 Å². The largest absolute Gasteiger partial charge is 0.481 e. The van der Waals surface area contributed by atoms with Crippen molar-refractivity contribution in [1.29, 1.82) is 0 Å². The van der Waals surface area contributed by atoms with Gasteiger partial charge in [-0.05, 0) is 20.3 Å². The number of esters is 1. The first kappa shape index (κ1) is 15.9. The fourth-order valence-electron chi connectivity index (χ4n) is 1.91. The minimum absolute atomic E-state index is 0.0481. The molecule has 1 aliphatic rings. The molecule has 1 atom stereocenters. The van der Waals surface area contributed by atoms with E-state index in [1.807, 2.05) is 0 Å². The monoisotopic (exact) mass is 293 g/mol. The van der Waals surface area contributed by atoms with Crippen LogP contribution in [0.5, 0.6) is 0 Å². The van der Waals surface area contributed by atoms with E-state index in [0.717, 1.165) is 4.31 Å². The maximum Gasteiger partial charge on any atom is 0.310 e. The number of hydrogen-bond donors (Lipinski definition) is 1. The Morgan fingerprint density at radius 1 is 1.42 bits per heavy atom. The Morgan fingerprint density at radius 2 is 2.05 bits per heavy atom. The van der Waals surface area contributed by atoms with Crippen LogP contribution < -0.4 is 0 Å². The first-order valence-corrected chi connectivity index (χ1v) is 7.69. The molecule has 0 spiro atoms. The van der Waals surface area contributed by atoms with E-state index >= 15 is 0 Å². The third-order valence-corrected chi connectivity index (χ3v) is 5.04. The van der Waals surface area contributed by atoms with E-state index in [1.54, 1.807) is 6.92 Å². The molecular formula is C11H19NO6S. The zero-order valence-corrected chi connectivity index (χ0v) is 11.9. The molecule has 0 saturated carbocycles. The molecule has 0 aromatic heterocycles. The highest BCUT2D eigenvalue weighted by molar-refractivity contribution is 7.89. The van der Waals surface area contributed by atoms with Crippen LogP contribution in [-0.4, -0.2) is 55.2 Å².